The van der Waals surface area contributed by atoms with Crippen molar-refractivity contribution in [2.75, 3.05) is 0 Å². The number of aromatic nitrogens is 3. The van der Waals surface area contributed by atoms with Gasteiger partial charge in [0.15, 0.2) is 5.82 Å². The van der Waals surface area contributed by atoms with E-state index in [0.717, 1.165) is 17.3 Å². The molecule has 0 bridgehead atoms. The molecule has 0 saturated carbocycles. The van der Waals surface area contributed by atoms with Gasteiger partial charge in [-0.15, -0.1) is 0 Å². The lowest BCUT2D eigenvalue weighted by molar-refractivity contribution is 0.382. The molecule has 0 N–H and O–H groups in total. The Hall–Kier alpha value is -1.07. The summed E-state index contributed by atoms with van der Waals surface area (Å²) in [7, 11) is 0. The predicted octanol–water partition coefficient (Wildman–Crippen LogP) is 3.61. The van der Waals surface area contributed by atoms with Crippen LogP contribution < -0.4 is 0 Å². The Morgan fingerprint density at radius 3 is 3.00 bits per heavy atom. The van der Waals surface area contributed by atoms with E-state index in [-0.39, 0.29) is 0 Å². The van der Waals surface area contributed by atoms with E-state index in [1.165, 1.54) is 11.8 Å². The number of hydrogen-bond acceptors (Lipinski definition) is 5. The third-order valence-corrected chi connectivity index (χ3v) is 3.57. The molecule has 18 heavy (non-hydrogen) atoms. The van der Waals surface area contributed by atoms with E-state index in [2.05, 4.69) is 29.0 Å². The van der Waals surface area contributed by atoms with Crippen molar-refractivity contribution in [1.29, 1.82) is 0 Å². The summed E-state index contributed by atoms with van der Waals surface area (Å²) in [4.78, 5) is 8.52. The molecule has 0 spiro atoms. The molecule has 2 heterocycles. The summed E-state index contributed by atoms with van der Waals surface area (Å²) < 4.78 is 5.17. The molecular formula is C12H14ClN3OS. The minimum Gasteiger partial charge on any atom is -0.338 e. The van der Waals surface area contributed by atoms with Gasteiger partial charge in [0.2, 0.25) is 5.89 Å². The average molecular weight is 284 g/mol. The van der Waals surface area contributed by atoms with Crippen molar-refractivity contribution in [2.24, 2.45) is 5.92 Å². The van der Waals surface area contributed by atoms with Gasteiger partial charge in [-0.1, -0.05) is 42.4 Å². The molecular weight excluding hydrogens is 270 g/mol. The van der Waals surface area contributed by atoms with E-state index in [4.69, 9.17) is 16.1 Å². The number of nitrogens with zero attached hydrogens (tertiary/aromatic N) is 3. The lowest BCUT2D eigenvalue weighted by atomic mass is 10.1. The van der Waals surface area contributed by atoms with E-state index in [1.54, 1.807) is 12.3 Å². The average Bonchev–Trinajstić information content (AvgIpc) is 2.75. The fraction of sp³-hybridized carbons (Fsp3) is 0.417. The van der Waals surface area contributed by atoms with Gasteiger partial charge in [-0.2, -0.15) is 4.98 Å². The Balaban J connectivity index is 1.94. The van der Waals surface area contributed by atoms with Gasteiger partial charge in [0.25, 0.3) is 0 Å². The zero-order valence-corrected chi connectivity index (χ0v) is 11.8. The first-order valence-electron chi connectivity index (χ1n) is 5.70. The summed E-state index contributed by atoms with van der Waals surface area (Å²) >= 11 is 7.51. The molecule has 0 aliphatic carbocycles. The van der Waals surface area contributed by atoms with Gasteiger partial charge >= 0.3 is 0 Å². The third-order valence-electron chi connectivity index (χ3n) is 2.16. The standard InChI is InChI=1S/C12H14ClN3OS/c1-8(2)6-10-15-11(17-16-10)7-18-12-9(13)4-3-5-14-12/h3-5,8H,6-7H2,1-2H3. The molecule has 0 unspecified atom stereocenters. The van der Waals surface area contributed by atoms with Crippen LogP contribution in [0.15, 0.2) is 27.9 Å². The van der Waals surface area contributed by atoms with Gasteiger partial charge in [0, 0.05) is 12.6 Å². The minimum atomic E-state index is 0.522. The van der Waals surface area contributed by atoms with Gasteiger partial charge in [-0.25, -0.2) is 4.98 Å². The van der Waals surface area contributed by atoms with Crippen molar-refractivity contribution in [2.45, 2.75) is 31.0 Å². The highest BCUT2D eigenvalue weighted by molar-refractivity contribution is 7.98. The van der Waals surface area contributed by atoms with Crippen LogP contribution in [0.25, 0.3) is 0 Å². The van der Waals surface area contributed by atoms with E-state index in [0.29, 0.717) is 22.6 Å². The fourth-order valence-electron chi connectivity index (χ4n) is 1.40. The molecule has 0 fully saturated rings. The van der Waals surface area contributed by atoms with Crippen LogP contribution in [0.5, 0.6) is 0 Å². The second-order valence-electron chi connectivity index (χ2n) is 4.28. The number of thioether (sulfide) groups is 1. The maximum atomic E-state index is 6.01. The largest absolute Gasteiger partial charge is 0.338 e. The molecule has 2 aromatic rings. The van der Waals surface area contributed by atoms with Crippen LogP contribution >= 0.6 is 23.4 Å². The first kappa shape index (κ1) is 13.4. The molecule has 2 rings (SSSR count). The van der Waals surface area contributed by atoms with Crippen molar-refractivity contribution in [1.82, 2.24) is 15.1 Å². The normalized spacial score (nSPS) is 11.1. The Morgan fingerprint density at radius 1 is 1.44 bits per heavy atom. The quantitative estimate of drug-likeness (QED) is 0.785. The zero-order chi connectivity index (χ0) is 13.0. The molecule has 0 radical (unpaired) electrons. The topological polar surface area (TPSA) is 51.8 Å². The van der Waals surface area contributed by atoms with Crippen molar-refractivity contribution in [3.63, 3.8) is 0 Å². The predicted molar refractivity (Wildman–Crippen MR) is 71.6 cm³/mol. The van der Waals surface area contributed by atoms with Crippen molar-refractivity contribution in [3.8, 4) is 0 Å². The molecule has 0 atom stereocenters. The summed E-state index contributed by atoms with van der Waals surface area (Å²) in [5.74, 6) is 2.47. The second-order valence-corrected chi connectivity index (χ2v) is 5.65. The summed E-state index contributed by atoms with van der Waals surface area (Å²) in [6, 6.07) is 3.62. The molecule has 0 amide bonds. The zero-order valence-electron chi connectivity index (χ0n) is 10.3. The van der Waals surface area contributed by atoms with Gasteiger partial charge in [0.1, 0.15) is 5.03 Å². The van der Waals surface area contributed by atoms with Crippen molar-refractivity contribution in [3.05, 3.63) is 35.1 Å². The van der Waals surface area contributed by atoms with E-state index >= 15 is 0 Å². The summed E-state index contributed by atoms with van der Waals surface area (Å²) in [6.45, 7) is 4.25. The van der Waals surface area contributed by atoms with Crippen molar-refractivity contribution < 1.29 is 4.52 Å². The highest BCUT2D eigenvalue weighted by Crippen LogP contribution is 2.26. The summed E-state index contributed by atoms with van der Waals surface area (Å²) in [5.41, 5.74) is 0. The maximum absolute atomic E-state index is 6.01. The Bertz CT molecular complexity index is 516. The highest BCUT2D eigenvalue weighted by Gasteiger charge is 2.09. The molecule has 96 valence electrons. The summed E-state index contributed by atoms with van der Waals surface area (Å²) in [6.07, 6.45) is 2.55. The molecule has 0 saturated heterocycles. The van der Waals surface area contributed by atoms with Crippen molar-refractivity contribution >= 4 is 23.4 Å². The van der Waals surface area contributed by atoms with Gasteiger partial charge in [0.05, 0.1) is 10.8 Å². The Morgan fingerprint density at radius 2 is 2.28 bits per heavy atom. The van der Waals surface area contributed by atoms with Crippen LogP contribution in [0.1, 0.15) is 25.6 Å². The molecule has 2 aromatic heterocycles. The number of rotatable bonds is 5. The maximum Gasteiger partial charge on any atom is 0.237 e. The smallest absolute Gasteiger partial charge is 0.237 e. The molecule has 0 aromatic carbocycles. The van der Waals surface area contributed by atoms with Crippen LogP contribution in [0.3, 0.4) is 0 Å². The summed E-state index contributed by atoms with van der Waals surface area (Å²) in [5, 5.41) is 5.36. The van der Waals surface area contributed by atoms with E-state index in [1.807, 2.05) is 6.07 Å². The van der Waals surface area contributed by atoms with E-state index < -0.39 is 0 Å². The van der Waals surface area contributed by atoms with Crippen LogP contribution in [-0.2, 0) is 12.2 Å². The molecule has 6 heteroatoms. The minimum absolute atomic E-state index is 0.522. The molecule has 4 nitrogen and oxygen atoms in total. The molecule has 0 aliphatic heterocycles. The first-order chi connectivity index (χ1) is 8.65. The molecule has 0 aliphatic rings. The van der Waals surface area contributed by atoms with Gasteiger partial charge in [-0.3, -0.25) is 0 Å². The lowest BCUT2D eigenvalue weighted by Gasteiger charge is -1.99. The van der Waals surface area contributed by atoms with Crippen LogP contribution in [0.4, 0.5) is 0 Å². The van der Waals surface area contributed by atoms with E-state index in [9.17, 15) is 0 Å². The number of halogens is 1. The Labute approximate surface area is 115 Å². The fourth-order valence-corrected chi connectivity index (χ4v) is 2.41. The second kappa shape index (κ2) is 6.20. The van der Waals surface area contributed by atoms with Crippen LogP contribution in [-0.4, -0.2) is 15.1 Å². The van der Waals surface area contributed by atoms with Crippen LogP contribution in [0, 0.1) is 5.92 Å². The number of hydrogen-bond donors (Lipinski definition) is 0. The SMILES string of the molecule is CC(C)Cc1noc(CSc2ncccc2Cl)n1. The third kappa shape index (κ3) is 3.71. The first-order valence-corrected chi connectivity index (χ1v) is 7.06. The van der Waals surface area contributed by atoms with Gasteiger partial charge < -0.3 is 4.52 Å². The number of pyridine rings is 1. The highest BCUT2D eigenvalue weighted by atomic mass is 35.5. The lowest BCUT2D eigenvalue weighted by Crippen LogP contribution is -1.96. The van der Waals surface area contributed by atoms with Crippen LogP contribution in [0.2, 0.25) is 5.02 Å². The Kier molecular flexibility index (Phi) is 4.60. The monoisotopic (exact) mass is 283 g/mol. The van der Waals surface area contributed by atoms with Gasteiger partial charge in [-0.05, 0) is 18.1 Å².